The highest BCUT2D eigenvalue weighted by Crippen LogP contribution is 2.38. The molecule has 2 heterocycles. The molecular formula is C20H16N2O10. The second kappa shape index (κ2) is 8.41. The topological polar surface area (TPSA) is 153 Å². The Balaban J connectivity index is 1.48. The van der Waals surface area contributed by atoms with Gasteiger partial charge in [0.1, 0.15) is 18.8 Å². The summed E-state index contributed by atoms with van der Waals surface area (Å²) in [6.45, 7) is 0.979. The second-order valence-corrected chi connectivity index (χ2v) is 6.70. The number of ether oxygens (including phenoxy) is 5. The predicted octanol–water partition coefficient (Wildman–Crippen LogP) is 2.09. The normalized spacial score (nSPS) is 13.3. The van der Waals surface area contributed by atoms with Gasteiger partial charge in [-0.25, -0.2) is 4.79 Å². The van der Waals surface area contributed by atoms with E-state index in [4.69, 9.17) is 23.7 Å². The van der Waals surface area contributed by atoms with E-state index in [1.807, 2.05) is 0 Å². The van der Waals surface area contributed by atoms with Gasteiger partial charge in [-0.15, -0.1) is 0 Å². The summed E-state index contributed by atoms with van der Waals surface area (Å²) in [4.78, 5) is 47.3. The predicted molar refractivity (Wildman–Crippen MR) is 106 cm³/mol. The molecule has 0 aromatic heterocycles. The number of anilines is 1. The molecule has 0 spiro atoms. The third-order valence-corrected chi connectivity index (χ3v) is 4.58. The fourth-order valence-electron chi connectivity index (χ4n) is 3.12. The standard InChI is InChI=1S/C20H16N2O10/c1-10(23)11-4-16-17(32-9-31-16)6-13(11)21-19(24)8-30-20(25)12-5-15-18(29-3-2-28-15)7-14(12)22(26)27/h4-7H,2-3,8-9H2,1H3,(H,21,24). The Morgan fingerprint density at radius 3 is 2.22 bits per heavy atom. The van der Waals surface area contributed by atoms with Gasteiger partial charge in [-0.05, 0) is 13.0 Å². The molecule has 32 heavy (non-hydrogen) atoms. The Labute approximate surface area is 180 Å². The van der Waals surface area contributed by atoms with Crippen LogP contribution >= 0.6 is 0 Å². The number of Topliss-reactive ketones (excluding diaryl/α,β-unsaturated/α-hetero) is 1. The molecule has 0 saturated heterocycles. The van der Waals surface area contributed by atoms with Crippen LogP contribution in [-0.4, -0.2) is 49.2 Å². The van der Waals surface area contributed by atoms with E-state index in [0.29, 0.717) is 11.5 Å². The number of nitrogens with one attached hydrogen (secondary N) is 1. The van der Waals surface area contributed by atoms with Crippen molar-refractivity contribution in [3.63, 3.8) is 0 Å². The van der Waals surface area contributed by atoms with Crippen molar-refractivity contribution in [2.24, 2.45) is 0 Å². The fraction of sp³-hybridized carbons (Fsp3) is 0.250. The van der Waals surface area contributed by atoms with Crippen molar-refractivity contribution < 1.29 is 43.0 Å². The number of ketones is 1. The zero-order valence-electron chi connectivity index (χ0n) is 16.7. The number of fused-ring (bicyclic) bond motifs is 2. The maximum absolute atomic E-state index is 12.4. The number of hydrogen-bond donors (Lipinski definition) is 1. The van der Waals surface area contributed by atoms with E-state index in [2.05, 4.69) is 5.32 Å². The molecule has 166 valence electrons. The molecule has 1 amide bonds. The van der Waals surface area contributed by atoms with Crippen molar-refractivity contribution in [2.45, 2.75) is 6.92 Å². The minimum absolute atomic E-state index is 0.0179. The maximum atomic E-state index is 12.4. The quantitative estimate of drug-likeness (QED) is 0.303. The lowest BCUT2D eigenvalue weighted by Crippen LogP contribution is -2.22. The molecule has 0 fully saturated rings. The minimum atomic E-state index is -1.10. The minimum Gasteiger partial charge on any atom is -0.486 e. The number of hydrogen-bond acceptors (Lipinski definition) is 10. The van der Waals surface area contributed by atoms with Gasteiger partial charge in [0, 0.05) is 17.7 Å². The average Bonchev–Trinajstić information content (AvgIpc) is 3.23. The first-order valence-corrected chi connectivity index (χ1v) is 9.33. The summed E-state index contributed by atoms with van der Waals surface area (Å²) < 4.78 is 26.0. The summed E-state index contributed by atoms with van der Waals surface area (Å²) in [5, 5.41) is 13.8. The van der Waals surface area contributed by atoms with Crippen molar-refractivity contribution in [1.29, 1.82) is 0 Å². The molecule has 4 rings (SSSR count). The summed E-state index contributed by atoms with van der Waals surface area (Å²) in [5.41, 5.74) is -0.613. The lowest BCUT2D eigenvalue weighted by Gasteiger charge is -2.18. The summed E-state index contributed by atoms with van der Waals surface area (Å²) in [5.74, 6) is -1.19. The van der Waals surface area contributed by atoms with E-state index >= 15 is 0 Å². The summed E-state index contributed by atoms with van der Waals surface area (Å²) in [7, 11) is 0. The van der Waals surface area contributed by atoms with Gasteiger partial charge in [0.2, 0.25) is 6.79 Å². The van der Waals surface area contributed by atoms with Crippen LogP contribution in [-0.2, 0) is 9.53 Å². The Bertz CT molecular complexity index is 1140. The maximum Gasteiger partial charge on any atom is 0.345 e. The lowest BCUT2D eigenvalue weighted by atomic mass is 10.1. The molecule has 0 unspecified atom stereocenters. The number of nitro groups is 1. The molecule has 2 aliphatic heterocycles. The monoisotopic (exact) mass is 444 g/mol. The zero-order valence-corrected chi connectivity index (χ0v) is 16.7. The molecule has 12 heteroatoms. The molecule has 2 aromatic carbocycles. The Morgan fingerprint density at radius 1 is 0.969 bits per heavy atom. The molecule has 0 aliphatic carbocycles. The largest absolute Gasteiger partial charge is 0.486 e. The van der Waals surface area contributed by atoms with Gasteiger partial charge in [0.15, 0.2) is 35.4 Å². The molecule has 0 bridgehead atoms. The van der Waals surface area contributed by atoms with E-state index in [1.54, 1.807) is 0 Å². The highest BCUT2D eigenvalue weighted by Gasteiger charge is 2.28. The van der Waals surface area contributed by atoms with Crippen LogP contribution in [0, 0.1) is 10.1 Å². The fourth-order valence-corrected chi connectivity index (χ4v) is 3.12. The van der Waals surface area contributed by atoms with E-state index in [9.17, 15) is 24.5 Å². The summed E-state index contributed by atoms with van der Waals surface area (Å²) in [6.07, 6.45) is 0. The molecule has 0 atom stereocenters. The van der Waals surface area contributed by atoms with Crippen molar-refractivity contribution >= 4 is 29.0 Å². The third kappa shape index (κ3) is 4.10. The lowest BCUT2D eigenvalue weighted by molar-refractivity contribution is -0.385. The molecule has 12 nitrogen and oxygen atoms in total. The van der Waals surface area contributed by atoms with E-state index in [-0.39, 0.29) is 54.1 Å². The van der Waals surface area contributed by atoms with E-state index in [1.165, 1.54) is 19.1 Å². The first-order valence-electron chi connectivity index (χ1n) is 9.33. The van der Waals surface area contributed by atoms with Gasteiger partial charge in [0.25, 0.3) is 11.6 Å². The molecule has 0 radical (unpaired) electrons. The van der Waals surface area contributed by atoms with Gasteiger partial charge in [-0.3, -0.25) is 19.7 Å². The van der Waals surface area contributed by atoms with Crippen LogP contribution in [0.25, 0.3) is 0 Å². The molecular weight excluding hydrogens is 428 g/mol. The highest BCUT2D eigenvalue weighted by molar-refractivity contribution is 6.05. The number of rotatable bonds is 6. The first kappa shape index (κ1) is 20.9. The number of amides is 1. The average molecular weight is 444 g/mol. The van der Waals surface area contributed by atoms with Crippen molar-refractivity contribution in [2.75, 3.05) is 31.9 Å². The number of carbonyl (C=O) groups excluding carboxylic acids is 3. The van der Waals surface area contributed by atoms with Gasteiger partial charge < -0.3 is 29.0 Å². The van der Waals surface area contributed by atoms with Gasteiger partial charge >= 0.3 is 5.97 Å². The second-order valence-electron chi connectivity index (χ2n) is 6.70. The summed E-state index contributed by atoms with van der Waals surface area (Å²) >= 11 is 0. The number of nitrogens with zero attached hydrogens (tertiary/aromatic N) is 1. The van der Waals surface area contributed by atoms with Crippen LogP contribution in [0.5, 0.6) is 23.0 Å². The third-order valence-electron chi connectivity index (χ3n) is 4.58. The van der Waals surface area contributed by atoms with Crippen LogP contribution in [0.2, 0.25) is 0 Å². The SMILES string of the molecule is CC(=O)c1cc2c(cc1NC(=O)COC(=O)c1cc3c(cc1[N+](=O)[O-])OCCO3)OCO2. The molecule has 0 saturated carbocycles. The number of nitro benzene ring substituents is 1. The number of benzene rings is 2. The Morgan fingerprint density at radius 2 is 1.56 bits per heavy atom. The molecule has 2 aliphatic rings. The van der Waals surface area contributed by atoms with Gasteiger partial charge in [-0.1, -0.05) is 0 Å². The highest BCUT2D eigenvalue weighted by atomic mass is 16.7. The van der Waals surface area contributed by atoms with Crippen LogP contribution in [0.3, 0.4) is 0 Å². The molecule has 1 N–H and O–H groups in total. The van der Waals surface area contributed by atoms with E-state index in [0.717, 1.165) is 12.1 Å². The smallest absolute Gasteiger partial charge is 0.345 e. The Hall–Kier alpha value is -4.35. The van der Waals surface area contributed by atoms with Gasteiger partial charge in [-0.2, -0.15) is 0 Å². The van der Waals surface area contributed by atoms with E-state index < -0.39 is 29.1 Å². The zero-order chi connectivity index (χ0) is 22.8. The number of esters is 1. The number of carbonyl (C=O) groups is 3. The van der Waals surface area contributed by atoms with Crippen LogP contribution in [0.1, 0.15) is 27.6 Å². The first-order chi connectivity index (χ1) is 15.3. The van der Waals surface area contributed by atoms with Crippen LogP contribution < -0.4 is 24.3 Å². The van der Waals surface area contributed by atoms with Crippen molar-refractivity contribution in [1.82, 2.24) is 0 Å². The van der Waals surface area contributed by atoms with Crippen molar-refractivity contribution in [3.8, 4) is 23.0 Å². The van der Waals surface area contributed by atoms with Gasteiger partial charge in [0.05, 0.1) is 16.7 Å². The van der Waals surface area contributed by atoms with Crippen molar-refractivity contribution in [3.05, 3.63) is 45.5 Å². The van der Waals surface area contributed by atoms with Crippen LogP contribution in [0.15, 0.2) is 24.3 Å². The molecule has 2 aromatic rings. The summed E-state index contributed by atoms with van der Waals surface area (Å²) in [6, 6.07) is 5.06. The van der Waals surface area contributed by atoms with Crippen LogP contribution in [0.4, 0.5) is 11.4 Å². The Kier molecular flexibility index (Phi) is 5.50.